The topological polar surface area (TPSA) is 56.3 Å². The van der Waals surface area contributed by atoms with Gasteiger partial charge in [-0.3, -0.25) is 4.99 Å². The fourth-order valence-corrected chi connectivity index (χ4v) is 3.11. The molecule has 0 saturated carbocycles. The summed E-state index contributed by atoms with van der Waals surface area (Å²) >= 11 is 6.06. The van der Waals surface area contributed by atoms with E-state index in [2.05, 4.69) is 37.3 Å². The van der Waals surface area contributed by atoms with Crippen LogP contribution in [0.2, 0.25) is 5.02 Å². The highest BCUT2D eigenvalue weighted by atomic mass is 35.5. The number of H-pyrrole nitrogens is 1. The van der Waals surface area contributed by atoms with Crippen molar-refractivity contribution < 1.29 is 0 Å². The predicted molar refractivity (Wildman–Crippen MR) is 104 cm³/mol. The number of aromatic nitrogens is 2. The number of fused-ring (bicyclic) bond motifs is 1. The van der Waals surface area contributed by atoms with Gasteiger partial charge < -0.3 is 15.2 Å². The maximum absolute atomic E-state index is 6.06. The Kier molecular flexibility index (Phi) is 5.56. The quantitative estimate of drug-likeness (QED) is 0.544. The molecule has 0 bridgehead atoms. The van der Waals surface area contributed by atoms with Crippen molar-refractivity contribution in [2.45, 2.75) is 13.0 Å². The van der Waals surface area contributed by atoms with Gasteiger partial charge in [-0.1, -0.05) is 23.7 Å². The third-order valence-corrected chi connectivity index (χ3v) is 4.33. The first kappa shape index (κ1) is 17.3. The van der Waals surface area contributed by atoms with E-state index in [0.29, 0.717) is 0 Å². The number of pyridine rings is 1. The molecule has 0 atom stereocenters. The predicted octanol–water partition coefficient (Wildman–Crippen LogP) is 3.47. The number of guanidine groups is 1. The second kappa shape index (κ2) is 8.03. The second-order valence-corrected chi connectivity index (χ2v) is 6.36. The molecule has 130 valence electrons. The van der Waals surface area contributed by atoms with Crippen LogP contribution in [0.15, 0.2) is 53.8 Å². The molecule has 0 aliphatic carbocycles. The number of nitrogens with zero attached hydrogens (tertiary/aromatic N) is 3. The Morgan fingerprint density at radius 2 is 2.20 bits per heavy atom. The van der Waals surface area contributed by atoms with Gasteiger partial charge in [-0.15, -0.1) is 0 Å². The van der Waals surface area contributed by atoms with Crippen LogP contribution < -0.4 is 5.32 Å². The molecule has 0 aliphatic heterocycles. The lowest BCUT2D eigenvalue weighted by Gasteiger charge is -2.22. The second-order valence-electron chi connectivity index (χ2n) is 5.92. The maximum Gasteiger partial charge on any atom is 0.193 e. The molecule has 0 amide bonds. The van der Waals surface area contributed by atoms with Crippen molar-refractivity contribution in [3.63, 3.8) is 0 Å². The van der Waals surface area contributed by atoms with Crippen molar-refractivity contribution in [2.24, 2.45) is 4.99 Å². The van der Waals surface area contributed by atoms with Crippen LogP contribution in [0.5, 0.6) is 0 Å². The summed E-state index contributed by atoms with van der Waals surface area (Å²) in [6.45, 7) is 1.55. The van der Waals surface area contributed by atoms with Gasteiger partial charge >= 0.3 is 0 Å². The molecule has 3 aromatic rings. The van der Waals surface area contributed by atoms with E-state index in [1.807, 2.05) is 37.5 Å². The van der Waals surface area contributed by atoms with Crippen LogP contribution in [0.25, 0.3) is 11.0 Å². The summed E-state index contributed by atoms with van der Waals surface area (Å²) in [5.41, 5.74) is 3.34. The summed E-state index contributed by atoms with van der Waals surface area (Å²) in [5.74, 6) is 0.859. The minimum atomic E-state index is 0.747. The van der Waals surface area contributed by atoms with E-state index in [9.17, 15) is 0 Å². The zero-order chi connectivity index (χ0) is 17.6. The highest BCUT2D eigenvalue weighted by molar-refractivity contribution is 6.30. The molecule has 25 heavy (non-hydrogen) atoms. The van der Waals surface area contributed by atoms with Gasteiger partial charge in [0.1, 0.15) is 5.65 Å². The maximum atomic E-state index is 6.06. The Morgan fingerprint density at radius 3 is 3.00 bits per heavy atom. The molecule has 3 rings (SSSR count). The van der Waals surface area contributed by atoms with Gasteiger partial charge in [-0.25, -0.2) is 4.98 Å². The number of aromatic amines is 1. The smallest absolute Gasteiger partial charge is 0.193 e. The average molecular weight is 356 g/mol. The van der Waals surface area contributed by atoms with Gasteiger partial charge in [-0.05, 0) is 41.8 Å². The molecule has 0 spiro atoms. The molecule has 0 aliphatic rings. The Morgan fingerprint density at radius 1 is 1.32 bits per heavy atom. The van der Waals surface area contributed by atoms with Crippen LogP contribution in [-0.2, 0) is 13.0 Å². The van der Waals surface area contributed by atoms with Gasteiger partial charge in [0.15, 0.2) is 5.96 Å². The summed E-state index contributed by atoms with van der Waals surface area (Å²) < 4.78 is 0. The minimum absolute atomic E-state index is 0.747. The van der Waals surface area contributed by atoms with Crippen molar-refractivity contribution in [3.8, 4) is 0 Å². The van der Waals surface area contributed by atoms with E-state index >= 15 is 0 Å². The van der Waals surface area contributed by atoms with E-state index in [1.165, 1.54) is 10.9 Å². The molecule has 0 unspecified atom stereocenters. The lowest BCUT2D eigenvalue weighted by atomic mass is 10.1. The van der Waals surface area contributed by atoms with Crippen LogP contribution in [-0.4, -0.2) is 41.5 Å². The van der Waals surface area contributed by atoms with Crippen LogP contribution in [0, 0.1) is 0 Å². The van der Waals surface area contributed by atoms with E-state index < -0.39 is 0 Å². The summed E-state index contributed by atoms with van der Waals surface area (Å²) in [6, 6.07) is 11.9. The third-order valence-electron chi connectivity index (χ3n) is 4.10. The molecule has 0 radical (unpaired) electrons. The van der Waals surface area contributed by atoms with E-state index in [4.69, 9.17) is 11.6 Å². The highest BCUT2D eigenvalue weighted by Crippen LogP contribution is 2.16. The Labute approximate surface area is 152 Å². The van der Waals surface area contributed by atoms with Gasteiger partial charge in [0.05, 0.1) is 0 Å². The Hall–Kier alpha value is -2.53. The van der Waals surface area contributed by atoms with Crippen molar-refractivity contribution in [1.29, 1.82) is 0 Å². The third kappa shape index (κ3) is 4.31. The molecular formula is C19H22ClN5. The molecule has 1 aromatic carbocycles. The summed E-state index contributed by atoms with van der Waals surface area (Å²) in [7, 11) is 3.82. The average Bonchev–Trinajstić information content (AvgIpc) is 3.02. The van der Waals surface area contributed by atoms with Crippen molar-refractivity contribution in [1.82, 2.24) is 20.2 Å². The first-order valence-electron chi connectivity index (χ1n) is 8.24. The van der Waals surface area contributed by atoms with Gasteiger partial charge in [0, 0.05) is 50.0 Å². The SMILES string of the molecule is CN=C(NCCc1c[nH]c2ncccc12)N(C)Cc1cccc(Cl)c1. The number of halogens is 1. The largest absolute Gasteiger partial charge is 0.356 e. The van der Waals surface area contributed by atoms with E-state index in [1.54, 1.807) is 13.2 Å². The standard InChI is InChI=1S/C19H22ClN5/c1-21-19(25(2)13-14-5-3-6-16(20)11-14)23-10-8-15-12-24-18-17(15)7-4-9-22-18/h3-7,9,11-12H,8,10,13H2,1-2H3,(H,21,23)(H,22,24). The summed E-state index contributed by atoms with van der Waals surface area (Å²) in [5, 5.41) is 5.34. The number of benzene rings is 1. The number of nitrogens with one attached hydrogen (secondary N) is 2. The fraction of sp³-hybridized carbons (Fsp3) is 0.263. The molecule has 6 heteroatoms. The van der Waals surface area contributed by atoms with Crippen LogP contribution in [0.1, 0.15) is 11.1 Å². The highest BCUT2D eigenvalue weighted by Gasteiger charge is 2.08. The van der Waals surface area contributed by atoms with Gasteiger partial charge in [0.2, 0.25) is 0 Å². The zero-order valence-corrected chi connectivity index (χ0v) is 15.2. The molecule has 2 aromatic heterocycles. The summed E-state index contributed by atoms with van der Waals surface area (Å²) in [6.07, 6.45) is 4.72. The zero-order valence-electron chi connectivity index (χ0n) is 14.5. The van der Waals surface area contributed by atoms with Crippen LogP contribution in [0.3, 0.4) is 0 Å². The number of hydrogen-bond acceptors (Lipinski definition) is 2. The fourth-order valence-electron chi connectivity index (χ4n) is 2.90. The summed E-state index contributed by atoms with van der Waals surface area (Å²) in [4.78, 5) is 14.0. The number of aliphatic imine (C=N–C) groups is 1. The first-order valence-corrected chi connectivity index (χ1v) is 8.62. The van der Waals surface area contributed by atoms with Crippen molar-refractivity contribution in [2.75, 3.05) is 20.6 Å². The lowest BCUT2D eigenvalue weighted by molar-refractivity contribution is 0.477. The molecule has 2 N–H and O–H groups in total. The molecule has 2 heterocycles. The van der Waals surface area contributed by atoms with Crippen molar-refractivity contribution in [3.05, 3.63) is 64.9 Å². The van der Waals surface area contributed by atoms with E-state index in [0.717, 1.165) is 41.7 Å². The normalized spacial score (nSPS) is 11.7. The van der Waals surface area contributed by atoms with Gasteiger partial charge in [-0.2, -0.15) is 0 Å². The minimum Gasteiger partial charge on any atom is -0.356 e. The number of hydrogen-bond donors (Lipinski definition) is 2. The Bertz CT molecular complexity index is 871. The molecular weight excluding hydrogens is 334 g/mol. The monoisotopic (exact) mass is 355 g/mol. The molecule has 0 saturated heterocycles. The van der Waals surface area contributed by atoms with E-state index in [-0.39, 0.29) is 0 Å². The molecule has 5 nitrogen and oxygen atoms in total. The van der Waals surface area contributed by atoms with Crippen LogP contribution in [0.4, 0.5) is 0 Å². The first-order chi connectivity index (χ1) is 12.2. The van der Waals surface area contributed by atoms with Crippen molar-refractivity contribution >= 4 is 28.6 Å². The number of rotatable bonds is 5. The van der Waals surface area contributed by atoms with Gasteiger partial charge in [0.25, 0.3) is 0 Å². The van der Waals surface area contributed by atoms with Crippen LogP contribution >= 0.6 is 11.6 Å². The Balaban J connectivity index is 1.57. The lowest BCUT2D eigenvalue weighted by Crippen LogP contribution is -2.39. The molecule has 0 fully saturated rings.